The van der Waals surface area contributed by atoms with Crippen molar-refractivity contribution in [2.24, 2.45) is 17.6 Å². The quantitative estimate of drug-likeness (QED) is 0.495. The Labute approximate surface area is 191 Å². The van der Waals surface area contributed by atoms with E-state index in [0.717, 1.165) is 23.4 Å². The molecule has 0 spiro atoms. The number of halogens is 1. The topological polar surface area (TPSA) is 29.3 Å². The summed E-state index contributed by atoms with van der Waals surface area (Å²) in [5.41, 5.74) is 9.72. The van der Waals surface area contributed by atoms with Crippen LogP contribution < -0.4 is 5.73 Å². The molecule has 2 nitrogen and oxygen atoms in total. The molecule has 3 heteroatoms. The number of nitrogens with two attached hydrogens (primary N) is 1. The summed E-state index contributed by atoms with van der Waals surface area (Å²) >= 11 is 5.98. The molecular formula is C27H43ClN2. The van der Waals surface area contributed by atoms with Crippen LogP contribution in [-0.2, 0) is 0 Å². The molecule has 2 rings (SSSR count). The number of allylic oxidation sites excluding steroid dienone is 5. The highest BCUT2D eigenvalue weighted by molar-refractivity contribution is 6.30. The first kappa shape index (κ1) is 28.2. The maximum atomic E-state index is 5.98. The smallest absolute Gasteiger partial charge is 0.0406 e. The van der Waals surface area contributed by atoms with E-state index in [-0.39, 0.29) is 0 Å². The van der Waals surface area contributed by atoms with Gasteiger partial charge < -0.3 is 5.73 Å². The standard InChI is InChI=1S/C19H28ClN.C5H8.C3H7N/c1-14-5-6-15(2)12-21(11-14)13-16(3)17(4)18-7-9-19(20)10-8-18;1-3-5-4-2;1-3(2)4/h7-10,14-15H,5-6,11-13H2,1-4H3;3-5H,1H2,2H3;1,4H2,2H3/b17-16-;5-4-;. The van der Waals surface area contributed by atoms with Crippen molar-refractivity contribution in [2.45, 2.75) is 54.4 Å². The third kappa shape index (κ3) is 13.5. The molecule has 168 valence electrons. The van der Waals surface area contributed by atoms with E-state index in [1.807, 2.05) is 31.2 Å². The minimum absolute atomic E-state index is 0.667. The van der Waals surface area contributed by atoms with Gasteiger partial charge in [0.25, 0.3) is 0 Å². The average Bonchev–Trinajstić information content (AvgIpc) is 2.82. The lowest BCUT2D eigenvalue weighted by atomic mass is 10.0. The first-order valence-corrected chi connectivity index (χ1v) is 11.3. The number of likely N-dealkylation sites (tertiary alicyclic amines) is 1. The van der Waals surface area contributed by atoms with E-state index in [4.69, 9.17) is 17.3 Å². The molecule has 1 saturated heterocycles. The molecule has 0 radical (unpaired) electrons. The van der Waals surface area contributed by atoms with Gasteiger partial charge in [-0.15, -0.1) is 0 Å². The van der Waals surface area contributed by atoms with Crippen LogP contribution in [0.25, 0.3) is 5.57 Å². The van der Waals surface area contributed by atoms with Crippen molar-refractivity contribution in [2.75, 3.05) is 19.6 Å². The minimum atomic E-state index is 0.667. The van der Waals surface area contributed by atoms with Gasteiger partial charge in [-0.3, -0.25) is 4.90 Å². The lowest BCUT2D eigenvalue weighted by Gasteiger charge is -2.25. The van der Waals surface area contributed by atoms with Gasteiger partial charge in [-0.25, -0.2) is 0 Å². The van der Waals surface area contributed by atoms with Gasteiger partial charge in [0.05, 0.1) is 0 Å². The van der Waals surface area contributed by atoms with Gasteiger partial charge in [0.1, 0.15) is 0 Å². The van der Waals surface area contributed by atoms with Crippen LogP contribution in [0.3, 0.4) is 0 Å². The van der Waals surface area contributed by atoms with Crippen LogP contribution in [0.15, 0.2) is 66.9 Å². The normalized spacial score (nSPS) is 20.1. The Hall–Kier alpha value is -1.77. The fourth-order valence-electron chi connectivity index (χ4n) is 3.37. The molecule has 0 saturated carbocycles. The van der Waals surface area contributed by atoms with Crippen LogP contribution in [0.2, 0.25) is 5.02 Å². The molecule has 0 aromatic heterocycles. The average molecular weight is 431 g/mol. The van der Waals surface area contributed by atoms with E-state index < -0.39 is 0 Å². The van der Waals surface area contributed by atoms with E-state index in [2.05, 4.69) is 57.9 Å². The van der Waals surface area contributed by atoms with Crippen LogP contribution >= 0.6 is 11.6 Å². The minimum Gasteiger partial charge on any atom is -0.403 e. The highest BCUT2D eigenvalue weighted by Crippen LogP contribution is 2.24. The zero-order chi connectivity index (χ0) is 23.1. The second-order valence-corrected chi connectivity index (χ2v) is 8.94. The Kier molecular flexibility index (Phi) is 15.0. The van der Waals surface area contributed by atoms with E-state index in [1.165, 1.54) is 42.6 Å². The van der Waals surface area contributed by atoms with Crippen molar-refractivity contribution in [1.82, 2.24) is 4.90 Å². The molecular weight excluding hydrogens is 388 g/mol. The van der Waals surface area contributed by atoms with E-state index in [0.29, 0.717) is 5.70 Å². The third-order valence-electron chi connectivity index (χ3n) is 5.00. The molecule has 1 fully saturated rings. The molecule has 0 amide bonds. The van der Waals surface area contributed by atoms with Crippen molar-refractivity contribution < 1.29 is 0 Å². The summed E-state index contributed by atoms with van der Waals surface area (Å²) in [6.45, 7) is 23.3. The Morgan fingerprint density at radius 2 is 1.57 bits per heavy atom. The Morgan fingerprint density at radius 1 is 1.10 bits per heavy atom. The van der Waals surface area contributed by atoms with Gasteiger partial charge in [-0.05, 0) is 81.3 Å². The molecule has 2 unspecified atom stereocenters. The Balaban J connectivity index is 0.000000789. The zero-order valence-electron chi connectivity index (χ0n) is 20.0. The highest BCUT2D eigenvalue weighted by atomic mass is 35.5. The summed E-state index contributed by atoms with van der Waals surface area (Å²) in [6.07, 6.45) is 8.32. The first-order valence-electron chi connectivity index (χ1n) is 10.9. The summed E-state index contributed by atoms with van der Waals surface area (Å²) in [7, 11) is 0. The molecule has 2 N–H and O–H groups in total. The number of hydrogen-bond donors (Lipinski definition) is 1. The molecule has 1 heterocycles. The Bertz CT molecular complexity index is 669. The van der Waals surface area contributed by atoms with Gasteiger partial charge in [-0.1, -0.05) is 74.5 Å². The molecule has 0 bridgehead atoms. The van der Waals surface area contributed by atoms with Crippen LogP contribution in [0.4, 0.5) is 0 Å². The maximum absolute atomic E-state index is 5.98. The fraction of sp³-hybridized carbons (Fsp3) is 0.481. The molecule has 30 heavy (non-hydrogen) atoms. The molecule has 0 aliphatic carbocycles. The summed E-state index contributed by atoms with van der Waals surface area (Å²) < 4.78 is 0. The van der Waals surface area contributed by atoms with Crippen molar-refractivity contribution in [3.8, 4) is 0 Å². The Morgan fingerprint density at radius 3 is 1.93 bits per heavy atom. The summed E-state index contributed by atoms with van der Waals surface area (Å²) in [4.78, 5) is 2.64. The van der Waals surface area contributed by atoms with Gasteiger partial charge in [-0.2, -0.15) is 0 Å². The van der Waals surface area contributed by atoms with Gasteiger partial charge in [0.15, 0.2) is 0 Å². The van der Waals surface area contributed by atoms with Crippen molar-refractivity contribution in [1.29, 1.82) is 0 Å². The number of nitrogens with zero attached hydrogens (tertiary/aromatic N) is 1. The predicted octanol–water partition coefficient (Wildman–Crippen LogP) is 7.73. The van der Waals surface area contributed by atoms with Crippen LogP contribution in [-0.4, -0.2) is 24.5 Å². The summed E-state index contributed by atoms with van der Waals surface area (Å²) in [5.74, 6) is 1.64. The third-order valence-corrected chi connectivity index (χ3v) is 5.25. The molecule has 2 atom stereocenters. The molecule has 1 aromatic carbocycles. The van der Waals surface area contributed by atoms with Gasteiger partial charge in [0, 0.05) is 24.7 Å². The SMILES string of the molecule is C/C(CN1CC(C)CCC(C)C1)=C(\C)c1ccc(Cl)cc1.C=C(C)N.C=C/C=C\C. The van der Waals surface area contributed by atoms with E-state index in [9.17, 15) is 0 Å². The summed E-state index contributed by atoms with van der Waals surface area (Å²) in [6, 6.07) is 8.19. The predicted molar refractivity (Wildman–Crippen MR) is 138 cm³/mol. The highest BCUT2D eigenvalue weighted by Gasteiger charge is 2.19. The van der Waals surface area contributed by atoms with Crippen molar-refractivity contribution in [3.63, 3.8) is 0 Å². The van der Waals surface area contributed by atoms with E-state index in [1.54, 1.807) is 13.0 Å². The van der Waals surface area contributed by atoms with Crippen LogP contribution in [0.1, 0.15) is 59.9 Å². The second-order valence-electron chi connectivity index (χ2n) is 8.50. The summed E-state index contributed by atoms with van der Waals surface area (Å²) in [5, 5.41) is 0.805. The van der Waals surface area contributed by atoms with E-state index >= 15 is 0 Å². The van der Waals surface area contributed by atoms with Crippen molar-refractivity contribution in [3.05, 3.63) is 77.5 Å². The molecule has 1 aliphatic heterocycles. The molecule has 1 aromatic rings. The lowest BCUT2D eigenvalue weighted by molar-refractivity contribution is 0.256. The number of rotatable bonds is 4. The monoisotopic (exact) mass is 430 g/mol. The zero-order valence-corrected chi connectivity index (χ0v) is 20.8. The van der Waals surface area contributed by atoms with Crippen LogP contribution in [0.5, 0.6) is 0 Å². The largest absolute Gasteiger partial charge is 0.403 e. The van der Waals surface area contributed by atoms with Crippen molar-refractivity contribution >= 4 is 17.2 Å². The molecule has 1 aliphatic rings. The van der Waals surface area contributed by atoms with Gasteiger partial charge in [0.2, 0.25) is 0 Å². The number of hydrogen-bond acceptors (Lipinski definition) is 2. The number of benzene rings is 1. The maximum Gasteiger partial charge on any atom is 0.0406 e. The van der Waals surface area contributed by atoms with Crippen LogP contribution in [0, 0.1) is 11.8 Å². The second kappa shape index (κ2) is 16.0. The lowest BCUT2D eigenvalue weighted by Crippen LogP contribution is -2.31. The fourth-order valence-corrected chi connectivity index (χ4v) is 3.50. The first-order chi connectivity index (χ1) is 14.1. The van der Waals surface area contributed by atoms with Gasteiger partial charge >= 0.3 is 0 Å².